The van der Waals surface area contributed by atoms with E-state index in [2.05, 4.69) is 5.32 Å². The molecule has 0 aliphatic carbocycles. The molecule has 6 nitrogen and oxygen atoms in total. The lowest BCUT2D eigenvalue weighted by molar-refractivity contribution is 0.0697. The highest BCUT2D eigenvalue weighted by atomic mass is 35.5. The fourth-order valence-corrected chi connectivity index (χ4v) is 3.69. The SMILES string of the molecule is COc1ccc(C(=O)N2CCC(NC(=O)c3cc(Cl)ccc3Cl)CC2)cc1OC. The first kappa shape index (κ1) is 21.3. The van der Waals surface area contributed by atoms with Crippen LogP contribution < -0.4 is 14.8 Å². The minimum absolute atomic E-state index is 0.0352. The summed E-state index contributed by atoms with van der Waals surface area (Å²) in [5.74, 6) is 0.750. The van der Waals surface area contributed by atoms with E-state index in [1.54, 1.807) is 48.4 Å². The van der Waals surface area contributed by atoms with Crippen molar-refractivity contribution in [2.75, 3.05) is 27.3 Å². The van der Waals surface area contributed by atoms with Crippen molar-refractivity contribution in [3.8, 4) is 11.5 Å². The van der Waals surface area contributed by atoms with Crippen LogP contribution in [0.2, 0.25) is 10.0 Å². The highest BCUT2D eigenvalue weighted by Crippen LogP contribution is 2.28. The summed E-state index contributed by atoms with van der Waals surface area (Å²) >= 11 is 12.1. The molecule has 0 unspecified atom stereocenters. The average molecular weight is 437 g/mol. The summed E-state index contributed by atoms with van der Waals surface area (Å²) in [7, 11) is 3.08. The molecule has 1 heterocycles. The van der Waals surface area contributed by atoms with Gasteiger partial charge >= 0.3 is 0 Å². The van der Waals surface area contributed by atoms with Gasteiger partial charge in [0.05, 0.1) is 24.8 Å². The summed E-state index contributed by atoms with van der Waals surface area (Å²) in [6.45, 7) is 1.09. The molecule has 0 bridgehead atoms. The van der Waals surface area contributed by atoms with Crippen molar-refractivity contribution in [1.29, 1.82) is 0 Å². The molecule has 0 radical (unpaired) electrons. The molecule has 1 saturated heterocycles. The first-order chi connectivity index (χ1) is 13.9. The van der Waals surface area contributed by atoms with Crippen molar-refractivity contribution in [1.82, 2.24) is 10.2 Å². The molecule has 2 aromatic carbocycles. The lowest BCUT2D eigenvalue weighted by Gasteiger charge is -2.32. The number of likely N-dealkylation sites (tertiary alicyclic amines) is 1. The van der Waals surface area contributed by atoms with E-state index >= 15 is 0 Å². The van der Waals surface area contributed by atoms with Gasteiger partial charge in [-0.25, -0.2) is 0 Å². The molecular weight excluding hydrogens is 415 g/mol. The maximum Gasteiger partial charge on any atom is 0.253 e. The quantitative estimate of drug-likeness (QED) is 0.767. The van der Waals surface area contributed by atoms with Gasteiger partial charge in [0, 0.05) is 29.7 Å². The Morgan fingerprint density at radius 3 is 2.34 bits per heavy atom. The number of piperidine rings is 1. The monoisotopic (exact) mass is 436 g/mol. The highest BCUT2D eigenvalue weighted by Gasteiger charge is 2.26. The van der Waals surface area contributed by atoms with Crippen molar-refractivity contribution in [3.63, 3.8) is 0 Å². The predicted molar refractivity (Wildman–Crippen MR) is 112 cm³/mol. The summed E-state index contributed by atoms with van der Waals surface area (Å²) in [5.41, 5.74) is 0.888. The van der Waals surface area contributed by atoms with Crippen molar-refractivity contribution in [3.05, 3.63) is 57.6 Å². The lowest BCUT2D eigenvalue weighted by atomic mass is 10.0. The number of ether oxygens (including phenoxy) is 2. The van der Waals surface area contributed by atoms with E-state index in [1.807, 2.05) is 0 Å². The number of carbonyl (C=O) groups is 2. The zero-order valence-corrected chi connectivity index (χ0v) is 17.7. The molecule has 0 aromatic heterocycles. The van der Waals surface area contributed by atoms with Crippen LogP contribution in [0.1, 0.15) is 33.6 Å². The fraction of sp³-hybridized carbons (Fsp3) is 0.333. The minimum atomic E-state index is -0.262. The first-order valence-corrected chi connectivity index (χ1v) is 9.95. The van der Waals surface area contributed by atoms with Crippen LogP contribution in [0, 0.1) is 0 Å². The molecular formula is C21H22Cl2N2O4. The number of methoxy groups -OCH3 is 2. The van der Waals surface area contributed by atoms with Gasteiger partial charge in [0.25, 0.3) is 11.8 Å². The summed E-state index contributed by atoms with van der Waals surface area (Å²) in [5, 5.41) is 3.79. The molecule has 2 amide bonds. The summed E-state index contributed by atoms with van der Waals surface area (Å²) in [4.78, 5) is 27.1. The molecule has 2 aromatic rings. The number of rotatable bonds is 5. The van der Waals surface area contributed by atoms with Crippen LogP contribution in [0.5, 0.6) is 11.5 Å². The summed E-state index contributed by atoms with van der Waals surface area (Å²) in [6, 6.07) is 9.87. The number of hydrogen-bond acceptors (Lipinski definition) is 4. The molecule has 154 valence electrons. The van der Waals surface area contributed by atoms with E-state index < -0.39 is 0 Å². The molecule has 29 heavy (non-hydrogen) atoms. The second kappa shape index (κ2) is 9.37. The van der Waals surface area contributed by atoms with Gasteiger partial charge in [-0.05, 0) is 49.2 Å². The van der Waals surface area contributed by atoms with Crippen molar-refractivity contribution < 1.29 is 19.1 Å². The third kappa shape index (κ3) is 4.95. The average Bonchev–Trinajstić information content (AvgIpc) is 2.74. The Kier molecular flexibility index (Phi) is 6.87. The number of nitrogens with one attached hydrogen (secondary N) is 1. The van der Waals surface area contributed by atoms with Gasteiger partial charge in [0.15, 0.2) is 11.5 Å². The lowest BCUT2D eigenvalue weighted by Crippen LogP contribution is -2.46. The van der Waals surface area contributed by atoms with E-state index in [0.717, 1.165) is 0 Å². The van der Waals surface area contributed by atoms with Crippen LogP contribution in [0.25, 0.3) is 0 Å². The van der Waals surface area contributed by atoms with Gasteiger partial charge in [-0.1, -0.05) is 23.2 Å². The van der Waals surface area contributed by atoms with Crippen LogP contribution >= 0.6 is 23.2 Å². The number of hydrogen-bond donors (Lipinski definition) is 1. The van der Waals surface area contributed by atoms with Crippen LogP contribution in [-0.2, 0) is 0 Å². The Bertz CT molecular complexity index is 912. The van der Waals surface area contributed by atoms with E-state index in [9.17, 15) is 9.59 Å². The molecule has 1 aliphatic rings. The predicted octanol–water partition coefficient (Wildman–Crippen LogP) is 4.05. The number of amides is 2. The van der Waals surface area contributed by atoms with E-state index in [0.29, 0.717) is 58.6 Å². The van der Waals surface area contributed by atoms with Crippen molar-refractivity contribution >= 4 is 35.0 Å². The topological polar surface area (TPSA) is 67.9 Å². The van der Waals surface area contributed by atoms with Crippen molar-refractivity contribution in [2.24, 2.45) is 0 Å². The van der Waals surface area contributed by atoms with Gasteiger partial charge in [-0.2, -0.15) is 0 Å². The Balaban J connectivity index is 1.59. The minimum Gasteiger partial charge on any atom is -0.493 e. The molecule has 0 spiro atoms. The number of halogens is 2. The highest BCUT2D eigenvalue weighted by molar-refractivity contribution is 6.35. The zero-order valence-electron chi connectivity index (χ0n) is 16.2. The van der Waals surface area contributed by atoms with E-state index in [4.69, 9.17) is 32.7 Å². The summed E-state index contributed by atoms with van der Waals surface area (Å²) < 4.78 is 10.5. The second-order valence-corrected chi connectivity index (χ2v) is 7.58. The Labute approximate surface area is 179 Å². The van der Waals surface area contributed by atoms with E-state index in [-0.39, 0.29) is 17.9 Å². The standard InChI is InChI=1S/C21H22Cl2N2O4/c1-28-18-6-3-13(11-19(18)29-2)21(27)25-9-7-15(8-10-25)24-20(26)16-12-14(22)4-5-17(16)23/h3-6,11-12,15H,7-10H2,1-2H3,(H,24,26). The Morgan fingerprint density at radius 1 is 1.00 bits per heavy atom. The molecule has 0 saturated carbocycles. The fourth-order valence-electron chi connectivity index (χ4n) is 3.31. The smallest absolute Gasteiger partial charge is 0.253 e. The van der Waals surface area contributed by atoms with Gasteiger partial charge in [-0.3, -0.25) is 9.59 Å². The number of carbonyl (C=O) groups excluding carboxylic acids is 2. The first-order valence-electron chi connectivity index (χ1n) is 9.20. The second-order valence-electron chi connectivity index (χ2n) is 6.73. The third-order valence-electron chi connectivity index (χ3n) is 4.92. The van der Waals surface area contributed by atoms with Crippen LogP contribution in [0.4, 0.5) is 0 Å². The van der Waals surface area contributed by atoms with Crippen LogP contribution in [-0.4, -0.2) is 50.1 Å². The zero-order chi connectivity index (χ0) is 21.0. The molecule has 0 atom stereocenters. The third-order valence-corrected chi connectivity index (χ3v) is 5.49. The maximum atomic E-state index is 12.8. The Hall–Kier alpha value is -2.44. The number of benzene rings is 2. The van der Waals surface area contributed by atoms with Gasteiger partial charge in [-0.15, -0.1) is 0 Å². The van der Waals surface area contributed by atoms with Crippen molar-refractivity contribution in [2.45, 2.75) is 18.9 Å². The molecule has 3 rings (SSSR count). The van der Waals surface area contributed by atoms with Crippen LogP contribution in [0.15, 0.2) is 36.4 Å². The number of nitrogens with zero attached hydrogens (tertiary/aromatic N) is 1. The van der Waals surface area contributed by atoms with Gasteiger partial charge < -0.3 is 19.7 Å². The normalized spacial score (nSPS) is 14.4. The molecule has 8 heteroatoms. The molecule has 1 aliphatic heterocycles. The summed E-state index contributed by atoms with van der Waals surface area (Å²) in [6.07, 6.45) is 1.31. The van der Waals surface area contributed by atoms with Gasteiger partial charge in [0.2, 0.25) is 0 Å². The largest absolute Gasteiger partial charge is 0.493 e. The van der Waals surface area contributed by atoms with Crippen LogP contribution in [0.3, 0.4) is 0 Å². The maximum absolute atomic E-state index is 12.8. The Morgan fingerprint density at radius 2 is 1.69 bits per heavy atom. The molecule has 1 N–H and O–H groups in total. The van der Waals surface area contributed by atoms with Gasteiger partial charge in [0.1, 0.15) is 0 Å². The molecule has 1 fully saturated rings. The van der Waals surface area contributed by atoms with E-state index in [1.165, 1.54) is 7.11 Å².